The first-order chi connectivity index (χ1) is 11.0. The van der Waals surface area contributed by atoms with Crippen LogP contribution < -0.4 is 5.43 Å². The fraction of sp³-hybridized carbons (Fsp3) is 0.556. The average Bonchev–Trinajstić information content (AvgIpc) is 2.49. The minimum absolute atomic E-state index is 0.0517. The highest BCUT2D eigenvalue weighted by Crippen LogP contribution is 2.60. The van der Waals surface area contributed by atoms with Gasteiger partial charge in [0.1, 0.15) is 0 Å². The van der Waals surface area contributed by atoms with Crippen LogP contribution in [-0.4, -0.2) is 22.3 Å². The number of carbonyl (C=O) groups is 1. The Kier molecular flexibility index (Phi) is 3.32. The molecule has 0 heterocycles. The molecule has 0 saturated heterocycles. The van der Waals surface area contributed by atoms with Gasteiger partial charge in [0.25, 0.3) is 0 Å². The summed E-state index contributed by atoms with van der Waals surface area (Å²) >= 11 is 0. The summed E-state index contributed by atoms with van der Waals surface area (Å²) in [4.78, 5) is 12.7. The molecule has 1 aromatic rings. The summed E-state index contributed by atoms with van der Waals surface area (Å²) in [5.74, 6) is 1.87. The largest absolute Gasteiger partial charge is 0.504 e. The number of phenols is 2. The molecule has 122 valence electrons. The Morgan fingerprint density at radius 1 is 1.09 bits per heavy atom. The molecule has 23 heavy (non-hydrogen) atoms. The van der Waals surface area contributed by atoms with E-state index in [-0.39, 0.29) is 22.8 Å². The Morgan fingerprint density at radius 3 is 2.26 bits per heavy atom. The molecule has 0 aromatic heterocycles. The van der Waals surface area contributed by atoms with Gasteiger partial charge in [0.2, 0.25) is 5.91 Å². The Hall–Kier alpha value is -2.04. The number of rotatable bonds is 3. The molecule has 5 rings (SSSR count). The second-order valence-electron chi connectivity index (χ2n) is 7.65. The van der Waals surface area contributed by atoms with Crippen LogP contribution in [0, 0.1) is 23.2 Å². The van der Waals surface area contributed by atoms with Gasteiger partial charge in [-0.3, -0.25) is 4.79 Å². The molecule has 5 heteroatoms. The Balaban J connectivity index is 1.44. The van der Waals surface area contributed by atoms with E-state index in [1.54, 1.807) is 6.07 Å². The van der Waals surface area contributed by atoms with E-state index in [1.807, 2.05) is 0 Å². The molecular weight excluding hydrogens is 292 g/mol. The van der Waals surface area contributed by atoms with Crippen molar-refractivity contribution in [3.05, 3.63) is 23.8 Å². The summed E-state index contributed by atoms with van der Waals surface area (Å²) in [7, 11) is 0. The predicted molar refractivity (Wildman–Crippen MR) is 86.1 cm³/mol. The van der Waals surface area contributed by atoms with Gasteiger partial charge in [-0.15, -0.1) is 0 Å². The summed E-state index contributed by atoms with van der Waals surface area (Å²) in [5, 5.41) is 22.8. The van der Waals surface area contributed by atoms with Gasteiger partial charge >= 0.3 is 0 Å². The molecule has 0 unspecified atom stereocenters. The molecule has 0 spiro atoms. The molecule has 5 nitrogen and oxygen atoms in total. The zero-order valence-electron chi connectivity index (χ0n) is 13.0. The van der Waals surface area contributed by atoms with Crippen LogP contribution in [0.5, 0.6) is 11.5 Å². The van der Waals surface area contributed by atoms with Crippen molar-refractivity contribution >= 4 is 12.1 Å². The summed E-state index contributed by atoms with van der Waals surface area (Å²) in [6.07, 6.45) is 8.46. The number of hydrogen-bond donors (Lipinski definition) is 3. The van der Waals surface area contributed by atoms with Crippen LogP contribution in [0.25, 0.3) is 0 Å². The van der Waals surface area contributed by atoms with E-state index < -0.39 is 0 Å². The summed E-state index contributed by atoms with van der Waals surface area (Å²) in [6.45, 7) is 0. The molecule has 4 saturated carbocycles. The lowest BCUT2D eigenvalue weighted by atomic mass is 9.49. The van der Waals surface area contributed by atoms with Crippen molar-refractivity contribution in [1.82, 2.24) is 5.43 Å². The first-order valence-corrected chi connectivity index (χ1v) is 8.39. The van der Waals surface area contributed by atoms with Gasteiger partial charge in [0.05, 0.1) is 11.6 Å². The minimum atomic E-state index is -0.205. The Labute approximate surface area is 135 Å². The Bertz CT molecular complexity index is 633. The van der Waals surface area contributed by atoms with Crippen molar-refractivity contribution in [1.29, 1.82) is 0 Å². The highest BCUT2D eigenvalue weighted by molar-refractivity contribution is 5.86. The number of aromatic hydroxyl groups is 2. The summed E-state index contributed by atoms with van der Waals surface area (Å²) < 4.78 is 0. The minimum Gasteiger partial charge on any atom is -0.504 e. The van der Waals surface area contributed by atoms with Gasteiger partial charge in [0.15, 0.2) is 11.5 Å². The quantitative estimate of drug-likeness (QED) is 0.456. The van der Waals surface area contributed by atoms with Crippen molar-refractivity contribution in [2.24, 2.45) is 28.3 Å². The lowest BCUT2D eigenvalue weighted by Crippen LogP contribution is -2.52. The third kappa shape index (κ3) is 2.58. The number of benzene rings is 1. The third-order valence-electron chi connectivity index (χ3n) is 5.90. The first-order valence-electron chi connectivity index (χ1n) is 8.39. The number of hydrogen-bond acceptors (Lipinski definition) is 4. The van der Waals surface area contributed by atoms with Gasteiger partial charge in [-0.2, -0.15) is 5.10 Å². The number of phenolic OH excluding ortho intramolecular Hbond substituents is 2. The molecule has 0 aliphatic heterocycles. The number of hydrazone groups is 1. The molecule has 4 fully saturated rings. The van der Waals surface area contributed by atoms with Gasteiger partial charge < -0.3 is 10.2 Å². The van der Waals surface area contributed by atoms with Gasteiger partial charge in [-0.05, 0) is 80.0 Å². The summed E-state index contributed by atoms with van der Waals surface area (Å²) in [5.41, 5.74) is 3.13. The molecule has 0 atom stereocenters. The predicted octanol–water partition coefficient (Wildman–Crippen LogP) is 2.76. The Morgan fingerprint density at radius 2 is 1.70 bits per heavy atom. The molecule has 4 aliphatic carbocycles. The molecule has 4 bridgehead atoms. The monoisotopic (exact) mass is 314 g/mol. The van der Waals surface area contributed by atoms with Crippen LogP contribution in [-0.2, 0) is 4.79 Å². The van der Waals surface area contributed by atoms with E-state index in [0.29, 0.717) is 5.56 Å². The number of amides is 1. The number of carbonyl (C=O) groups excluding carboxylic acids is 1. The van der Waals surface area contributed by atoms with Crippen molar-refractivity contribution < 1.29 is 15.0 Å². The molecule has 3 N–H and O–H groups in total. The molecule has 1 aromatic carbocycles. The van der Waals surface area contributed by atoms with Crippen LogP contribution in [0.15, 0.2) is 23.3 Å². The van der Waals surface area contributed by atoms with Crippen LogP contribution in [0.1, 0.15) is 44.1 Å². The van der Waals surface area contributed by atoms with Crippen LogP contribution in [0.2, 0.25) is 0 Å². The highest BCUT2D eigenvalue weighted by atomic mass is 16.3. The number of nitrogens with zero attached hydrogens (tertiary/aromatic N) is 1. The zero-order chi connectivity index (χ0) is 16.0. The third-order valence-corrected chi connectivity index (χ3v) is 5.90. The second-order valence-corrected chi connectivity index (χ2v) is 7.65. The van der Waals surface area contributed by atoms with E-state index in [4.69, 9.17) is 0 Å². The fourth-order valence-corrected chi connectivity index (χ4v) is 5.29. The standard InChI is InChI=1S/C18H22N2O3/c21-15-2-1-11(6-16(15)22)10-19-20-17(23)18-7-12-3-13(8-18)5-14(4-12)9-18/h1-2,6,10,12-14,21-22H,3-5,7-9H2,(H,20,23). The van der Waals surface area contributed by atoms with Crippen molar-refractivity contribution in [3.8, 4) is 11.5 Å². The van der Waals surface area contributed by atoms with Crippen molar-refractivity contribution in [2.45, 2.75) is 38.5 Å². The van der Waals surface area contributed by atoms with Crippen LogP contribution >= 0.6 is 0 Å². The van der Waals surface area contributed by atoms with Crippen molar-refractivity contribution in [2.75, 3.05) is 0 Å². The molecule has 0 radical (unpaired) electrons. The van der Waals surface area contributed by atoms with Gasteiger partial charge in [-0.1, -0.05) is 0 Å². The lowest BCUT2D eigenvalue weighted by Gasteiger charge is -2.55. The maximum Gasteiger partial charge on any atom is 0.246 e. The SMILES string of the molecule is O=C(NN=Cc1ccc(O)c(O)c1)C12CC3CC(CC(C3)C1)C2. The maximum atomic E-state index is 12.7. The van der Waals surface area contributed by atoms with Crippen LogP contribution in [0.4, 0.5) is 0 Å². The fourth-order valence-electron chi connectivity index (χ4n) is 5.29. The maximum absolute atomic E-state index is 12.7. The summed E-state index contributed by atoms with van der Waals surface area (Å²) in [6, 6.07) is 4.45. The number of nitrogens with one attached hydrogen (secondary N) is 1. The highest BCUT2D eigenvalue weighted by Gasteiger charge is 2.54. The van der Waals surface area contributed by atoms with E-state index in [2.05, 4.69) is 10.5 Å². The topological polar surface area (TPSA) is 81.9 Å². The molecule has 4 aliphatic rings. The zero-order valence-corrected chi connectivity index (χ0v) is 13.0. The van der Waals surface area contributed by atoms with E-state index in [1.165, 1.54) is 37.6 Å². The van der Waals surface area contributed by atoms with Crippen LogP contribution in [0.3, 0.4) is 0 Å². The molecule has 1 amide bonds. The second kappa shape index (κ2) is 5.25. The smallest absolute Gasteiger partial charge is 0.246 e. The van der Waals surface area contributed by atoms with Crippen molar-refractivity contribution in [3.63, 3.8) is 0 Å². The van der Waals surface area contributed by atoms with E-state index in [9.17, 15) is 15.0 Å². The van der Waals surface area contributed by atoms with Gasteiger partial charge in [0, 0.05) is 0 Å². The average molecular weight is 314 g/mol. The first kappa shape index (κ1) is 14.5. The molecular formula is C18H22N2O3. The van der Waals surface area contributed by atoms with Gasteiger partial charge in [-0.25, -0.2) is 5.43 Å². The van der Waals surface area contributed by atoms with E-state index in [0.717, 1.165) is 37.0 Å². The normalized spacial score (nSPS) is 34.9. The lowest BCUT2D eigenvalue weighted by molar-refractivity contribution is -0.146. The van der Waals surface area contributed by atoms with E-state index >= 15 is 0 Å².